The summed E-state index contributed by atoms with van der Waals surface area (Å²) < 4.78 is 19.6. The van der Waals surface area contributed by atoms with E-state index in [0.717, 1.165) is 0 Å². The van der Waals surface area contributed by atoms with Crippen LogP contribution in [0.4, 0.5) is 4.39 Å². The van der Waals surface area contributed by atoms with Crippen molar-refractivity contribution in [1.29, 1.82) is 0 Å². The lowest BCUT2D eigenvalue weighted by Gasteiger charge is -2.17. The number of aliphatic hydroxyl groups is 1. The van der Waals surface area contributed by atoms with Gasteiger partial charge in [-0.05, 0) is 40.2 Å². The predicted molar refractivity (Wildman–Crippen MR) is 83.9 cm³/mol. The smallest absolute Gasteiger partial charge is 0.141 e. The highest BCUT2D eigenvalue weighted by Gasteiger charge is 2.20. The molecule has 0 fully saturated rings. The van der Waals surface area contributed by atoms with Gasteiger partial charge < -0.3 is 9.84 Å². The van der Waals surface area contributed by atoms with Crippen LogP contribution in [0.15, 0.2) is 39.3 Å². The number of rotatable bonds is 3. The Morgan fingerprint density at radius 2 is 1.85 bits per heavy atom. The third kappa shape index (κ3) is 3.17. The lowest BCUT2D eigenvalue weighted by Crippen LogP contribution is -2.04. The molecule has 6 heteroatoms. The fourth-order valence-corrected chi connectivity index (χ4v) is 2.83. The van der Waals surface area contributed by atoms with E-state index in [-0.39, 0.29) is 10.2 Å². The maximum Gasteiger partial charge on any atom is 0.141 e. The van der Waals surface area contributed by atoms with Gasteiger partial charge in [0.15, 0.2) is 0 Å². The summed E-state index contributed by atoms with van der Waals surface area (Å²) in [5.41, 5.74) is 1.03. The van der Waals surface area contributed by atoms with Crippen molar-refractivity contribution in [2.24, 2.45) is 0 Å². The summed E-state index contributed by atoms with van der Waals surface area (Å²) >= 11 is 12.4. The number of methoxy groups -OCH3 is 1. The Kier molecular flexibility index (Phi) is 5.07. The number of hydrogen-bond donors (Lipinski definition) is 1. The monoisotopic (exact) mass is 422 g/mol. The molecule has 0 aliphatic heterocycles. The highest BCUT2D eigenvalue weighted by atomic mass is 79.9. The van der Waals surface area contributed by atoms with Crippen molar-refractivity contribution >= 4 is 43.5 Å². The predicted octanol–water partition coefficient (Wildman–Crippen LogP) is 5.09. The Balaban J connectivity index is 2.55. The molecule has 0 saturated heterocycles. The first kappa shape index (κ1) is 15.8. The highest BCUT2D eigenvalue weighted by Crippen LogP contribution is 2.37. The Bertz CT molecular complexity index is 649. The number of hydrogen-bond acceptors (Lipinski definition) is 2. The van der Waals surface area contributed by atoms with Crippen LogP contribution in [0.3, 0.4) is 0 Å². The number of aliphatic hydroxyl groups excluding tert-OH is 1. The van der Waals surface area contributed by atoms with Gasteiger partial charge >= 0.3 is 0 Å². The number of halogens is 4. The van der Waals surface area contributed by atoms with Gasteiger partial charge in [-0.2, -0.15) is 0 Å². The second-order valence-electron chi connectivity index (χ2n) is 4.08. The zero-order chi connectivity index (χ0) is 14.9. The van der Waals surface area contributed by atoms with Crippen LogP contribution in [0.1, 0.15) is 17.2 Å². The van der Waals surface area contributed by atoms with Gasteiger partial charge in [0.1, 0.15) is 17.7 Å². The minimum Gasteiger partial charge on any atom is -0.496 e. The van der Waals surface area contributed by atoms with Crippen molar-refractivity contribution < 1.29 is 14.2 Å². The van der Waals surface area contributed by atoms with Crippen molar-refractivity contribution in [3.05, 3.63) is 61.2 Å². The normalized spacial score (nSPS) is 12.3. The SMILES string of the molecule is COc1cc(F)c(Br)cc1C(O)c1cc(Cl)ccc1Br. The van der Waals surface area contributed by atoms with Crippen LogP contribution < -0.4 is 4.74 Å². The van der Waals surface area contributed by atoms with E-state index in [1.807, 2.05) is 0 Å². The Morgan fingerprint density at radius 3 is 2.50 bits per heavy atom. The molecule has 2 aromatic carbocycles. The molecular formula is C14H10Br2ClFO2. The zero-order valence-corrected chi connectivity index (χ0v) is 14.3. The molecule has 1 atom stereocenters. The van der Waals surface area contributed by atoms with E-state index in [2.05, 4.69) is 31.9 Å². The molecule has 0 aromatic heterocycles. The fourth-order valence-electron chi connectivity index (χ4n) is 1.83. The van der Waals surface area contributed by atoms with Crippen molar-refractivity contribution in [2.75, 3.05) is 7.11 Å². The van der Waals surface area contributed by atoms with Crippen LogP contribution in [0.5, 0.6) is 5.75 Å². The van der Waals surface area contributed by atoms with Crippen molar-refractivity contribution in [1.82, 2.24) is 0 Å². The summed E-state index contributed by atoms with van der Waals surface area (Å²) in [5.74, 6) is -0.187. The molecule has 1 unspecified atom stereocenters. The van der Waals surface area contributed by atoms with Gasteiger partial charge in [-0.3, -0.25) is 0 Å². The fraction of sp³-hybridized carbons (Fsp3) is 0.143. The number of ether oxygens (including phenoxy) is 1. The summed E-state index contributed by atoms with van der Waals surface area (Å²) in [5, 5.41) is 11.0. The van der Waals surface area contributed by atoms with E-state index in [4.69, 9.17) is 16.3 Å². The molecular weight excluding hydrogens is 414 g/mol. The first-order valence-corrected chi connectivity index (χ1v) is 7.56. The Hall–Kier alpha value is -0.620. The van der Waals surface area contributed by atoms with Crippen LogP contribution in [0.2, 0.25) is 5.02 Å². The van der Waals surface area contributed by atoms with Crippen LogP contribution >= 0.6 is 43.5 Å². The van der Waals surface area contributed by atoms with Gasteiger partial charge in [0, 0.05) is 26.7 Å². The molecule has 106 valence electrons. The lowest BCUT2D eigenvalue weighted by atomic mass is 10.0. The molecule has 0 spiro atoms. The third-order valence-corrected chi connectivity index (χ3v) is 4.38. The molecule has 0 saturated carbocycles. The summed E-state index contributed by atoms with van der Waals surface area (Å²) in [4.78, 5) is 0. The maximum absolute atomic E-state index is 13.5. The summed E-state index contributed by atoms with van der Waals surface area (Å²) in [6.07, 6.45) is -0.991. The van der Waals surface area contributed by atoms with E-state index in [9.17, 15) is 9.50 Å². The molecule has 1 N–H and O–H groups in total. The third-order valence-electron chi connectivity index (χ3n) is 2.82. The molecule has 0 heterocycles. The Labute approximate surface area is 137 Å². The topological polar surface area (TPSA) is 29.5 Å². The first-order valence-electron chi connectivity index (χ1n) is 5.60. The van der Waals surface area contributed by atoms with Gasteiger partial charge in [0.2, 0.25) is 0 Å². The van der Waals surface area contributed by atoms with Crippen LogP contribution in [-0.4, -0.2) is 12.2 Å². The molecule has 0 aliphatic carbocycles. The molecule has 2 nitrogen and oxygen atoms in total. The number of benzene rings is 2. The van der Waals surface area contributed by atoms with Gasteiger partial charge in [-0.25, -0.2) is 4.39 Å². The second-order valence-corrected chi connectivity index (χ2v) is 6.22. The molecule has 2 aromatic rings. The molecule has 20 heavy (non-hydrogen) atoms. The maximum atomic E-state index is 13.5. The highest BCUT2D eigenvalue weighted by molar-refractivity contribution is 9.10. The van der Waals surface area contributed by atoms with Crippen LogP contribution in [0.25, 0.3) is 0 Å². The van der Waals surface area contributed by atoms with E-state index >= 15 is 0 Å². The van der Waals surface area contributed by atoms with Crippen molar-refractivity contribution in [2.45, 2.75) is 6.10 Å². The minimum absolute atomic E-state index is 0.255. The zero-order valence-electron chi connectivity index (χ0n) is 10.3. The van der Waals surface area contributed by atoms with Crippen LogP contribution in [-0.2, 0) is 0 Å². The summed E-state index contributed by atoms with van der Waals surface area (Å²) in [7, 11) is 1.42. The largest absolute Gasteiger partial charge is 0.496 e. The van der Waals surface area contributed by atoms with E-state index < -0.39 is 11.9 Å². The molecule has 0 radical (unpaired) electrons. The van der Waals surface area contributed by atoms with Gasteiger partial charge in [-0.1, -0.05) is 27.5 Å². The second kappa shape index (κ2) is 6.43. The van der Waals surface area contributed by atoms with E-state index in [1.54, 1.807) is 18.2 Å². The average molecular weight is 424 g/mol. The molecule has 2 rings (SSSR count). The Morgan fingerprint density at radius 1 is 1.15 bits per heavy atom. The van der Waals surface area contributed by atoms with Crippen molar-refractivity contribution in [3.8, 4) is 5.75 Å². The van der Waals surface area contributed by atoms with Gasteiger partial charge in [0.05, 0.1) is 11.6 Å². The lowest BCUT2D eigenvalue weighted by molar-refractivity contribution is 0.213. The molecule has 0 amide bonds. The van der Waals surface area contributed by atoms with E-state index in [1.165, 1.54) is 19.2 Å². The summed E-state index contributed by atoms with van der Waals surface area (Å²) in [6, 6.07) is 7.81. The van der Waals surface area contributed by atoms with Gasteiger partial charge in [-0.15, -0.1) is 0 Å². The van der Waals surface area contributed by atoms with Crippen molar-refractivity contribution in [3.63, 3.8) is 0 Å². The quantitative estimate of drug-likeness (QED) is 0.743. The van der Waals surface area contributed by atoms with Crippen LogP contribution in [0, 0.1) is 5.82 Å². The van der Waals surface area contributed by atoms with E-state index in [0.29, 0.717) is 20.6 Å². The van der Waals surface area contributed by atoms with Gasteiger partial charge in [0.25, 0.3) is 0 Å². The first-order chi connectivity index (χ1) is 9.43. The molecule has 0 aliphatic rings. The average Bonchev–Trinajstić information content (AvgIpc) is 2.43. The summed E-state index contributed by atoms with van der Waals surface area (Å²) in [6.45, 7) is 0. The molecule has 0 bridgehead atoms. The standard InChI is InChI=1S/C14H10Br2ClFO2/c1-20-13-6-12(18)11(16)5-9(13)14(19)8-4-7(17)2-3-10(8)15/h2-6,14,19H,1H3. The minimum atomic E-state index is -0.991.